The largest absolute Gasteiger partial charge is 0.507 e. The van der Waals surface area contributed by atoms with Crippen molar-refractivity contribution < 1.29 is 54.0 Å². The molecular weight excluding hydrogens is 877 g/mol. The Hall–Kier alpha value is -7.35. The number of aromatic hydroxyl groups is 2. The van der Waals surface area contributed by atoms with E-state index in [2.05, 4.69) is 45.6 Å². The molecule has 1 heterocycles. The van der Waals surface area contributed by atoms with Crippen molar-refractivity contribution in [1.29, 1.82) is 0 Å². The topological polar surface area (TPSA) is 316 Å². The highest BCUT2D eigenvalue weighted by Crippen LogP contribution is 2.39. The second-order valence-corrected chi connectivity index (χ2v) is 16.7. The molecule has 19 heteroatoms. The summed E-state index contributed by atoms with van der Waals surface area (Å²) >= 11 is 0. The molecule has 6 atom stereocenters. The number of unbranched alkanes of at least 4 members (excludes halogenated alkanes) is 2. The molecule has 0 spiro atoms. The van der Waals surface area contributed by atoms with Gasteiger partial charge in [-0.3, -0.25) is 28.8 Å². The lowest BCUT2D eigenvalue weighted by molar-refractivity contribution is -0.144. The monoisotopic (exact) mass is 936 g/mol. The molecule has 362 valence electrons. The Bertz CT molecular complexity index is 2470. The van der Waals surface area contributed by atoms with Crippen LogP contribution < -0.4 is 38.1 Å². The van der Waals surface area contributed by atoms with Crippen molar-refractivity contribution in [3.05, 3.63) is 107 Å². The molecule has 68 heavy (non-hydrogen) atoms. The highest BCUT2D eigenvalue weighted by Gasteiger charge is 2.37. The number of phenolic OH excluding ortho intramolecular Hbond substituents is 2. The fourth-order valence-electron chi connectivity index (χ4n) is 7.71. The third-order valence-corrected chi connectivity index (χ3v) is 11.7. The molecule has 5 rings (SSSR count). The molecule has 0 saturated heterocycles. The number of aliphatic hydroxyl groups excluding tert-OH is 1. The number of amides is 6. The number of nitrogens with two attached hydrogens (primary N) is 2. The minimum absolute atomic E-state index is 0.0175. The van der Waals surface area contributed by atoms with E-state index in [-0.39, 0.29) is 53.1 Å². The zero-order valence-electron chi connectivity index (χ0n) is 38.2. The average Bonchev–Trinajstić information content (AvgIpc) is 3.32. The summed E-state index contributed by atoms with van der Waals surface area (Å²) < 4.78 is 0. The second kappa shape index (κ2) is 23.9. The third kappa shape index (κ3) is 13.2. The second-order valence-electron chi connectivity index (χ2n) is 16.7. The van der Waals surface area contributed by atoms with Crippen LogP contribution in [0.15, 0.2) is 84.9 Å². The summed E-state index contributed by atoms with van der Waals surface area (Å²) in [6.45, 7) is 2.84. The Labute approximate surface area is 393 Å². The Morgan fingerprint density at radius 3 is 2.03 bits per heavy atom. The predicted molar refractivity (Wildman–Crippen MR) is 251 cm³/mol. The number of fused-ring (bicyclic) bond motifs is 5. The van der Waals surface area contributed by atoms with E-state index in [1.165, 1.54) is 55.9 Å². The van der Waals surface area contributed by atoms with Crippen LogP contribution in [-0.2, 0) is 41.6 Å². The summed E-state index contributed by atoms with van der Waals surface area (Å²) in [5.41, 5.74) is 15.7. The normalized spacial score (nSPS) is 17.2. The number of nitrogens with zero attached hydrogens (tertiary/aromatic N) is 1. The molecule has 4 aromatic rings. The van der Waals surface area contributed by atoms with Gasteiger partial charge in [0.05, 0.1) is 6.61 Å². The van der Waals surface area contributed by atoms with Crippen LogP contribution in [0.25, 0.3) is 22.3 Å². The van der Waals surface area contributed by atoms with Crippen LogP contribution in [0.2, 0.25) is 0 Å². The molecule has 0 unspecified atom stereocenters. The summed E-state index contributed by atoms with van der Waals surface area (Å²) in [5, 5.41) is 54.0. The van der Waals surface area contributed by atoms with Crippen LogP contribution in [0.3, 0.4) is 0 Å². The van der Waals surface area contributed by atoms with Crippen LogP contribution >= 0.6 is 0 Å². The first-order valence-electron chi connectivity index (χ1n) is 22.4. The minimum atomic E-state index is -1.80. The molecule has 19 nitrogen and oxygen atoms in total. The van der Waals surface area contributed by atoms with Gasteiger partial charge in [0.2, 0.25) is 23.6 Å². The first kappa shape index (κ1) is 51.6. The fraction of sp³-hybridized carbons (Fsp3) is 0.367. The summed E-state index contributed by atoms with van der Waals surface area (Å²) in [4.78, 5) is 95.2. The first-order chi connectivity index (χ1) is 32.4. The van der Waals surface area contributed by atoms with Gasteiger partial charge in [-0.1, -0.05) is 61.9 Å². The molecule has 4 bridgehead atoms. The van der Waals surface area contributed by atoms with Crippen LogP contribution in [0.5, 0.6) is 11.5 Å². The zero-order valence-corrected chi connectivity index (χ0v) is 38.2. The summed E-state index contributed by atoms with van der Waals surface area (Å²) in [6, 6.07) is 15.7. The SMILES string of the molecule is CCCCc1ccc(-c2ccc(C(=O)N[C@H](CO)C(=O)N[C@H](N)C(=O)N[C@@H](CCCCN)C(=O)N(C)[C@@H]3C(=O)N[C@@H](C)C(=O)N[C@H](C(=O)O)Cc4ccc(O)c(c4)-c4cc3ccc4O)cc2)cc1. The number of nitrogens with one attached hydrogen (secondary N) is 5. The van der Waals surface area contributed by atoms with Crippen molar-refractivity contribution in [3.8, 4) is 33.8 Å². The first-order valence-corrected chi connectivity index (χ1v) is 22.4. The van der Waals surface area contributed by atoms with Crippen molar-refractivity contribution in [3.63, 3.8) is 0 Å². The predicted octanol–water partition coefficient (Wildman–Crippen LogP) is 1.71. The summed E-state index contributed by atoms with van der Waals surface area (Å²) in [6.07, 6.45) is 1.89. The van der Waals surface area contributed by atoms with Gasteiger partial charge in [0.25, 0.3) is 11.8 Å². The van der Waals surface area contributed by atoms with Crippen LogP contribution in [0, 0.1) is 0 Å². The number of carboxylic acid groups (broad SMARTS) is 1. The van der Waals surface area contributed by atoms with E-state index in [0.29, 0.717) is 18.4 Å². The maximum absolute atomic E-state index is 14.5. The highest BCUT2D eigenvalue weighted by atomic mass is 16.4. The standard InChI is InChI=1S/C49H60N8O11/c1-4-5-8-28-10-13-30(14-11-28)31-15-17-32(18-16-31)44(62)55-38(26-58)45(63)56-42(51)47(65)53-36(9-6-7-22-50)48(66)57(3)41-33-19-21-40(60)35(25-33)34-23-29(12-20-39(34)59)24-37(49(67)68)54-43(61)27(2)52-46(41)64/h10-21,23,25,27,36-38,41-42,58-60H,4-9,22,24,26,50-51H2,1-3H3,(H,52,64)(H,53,65)(H,54,61)(H,55,62)(H,56,63)(H,67,68)/t27-,36-,37-,38+,41-,42-/m0/s1. The van der Waals surface area contributed by atoms with Crippen molar-refractivity contribution >= 4 is 41.4 Å². The van der Waals surface area contributed by atoms with Gasteiger partial charge < -0.3 is 63.4 Å². The van der Waals surface area contributed by atoms with E-state index >= 15 is 0 Å². The van der Waals surface area contributed by atoms with Gasteiger partial charge in [-0.15, -0.1) is 0 Å². The minimum Gasteiger partial charge on any atom is -0.507 e. The molecule has 0 aliphatic carbocycles. The number of hydrogen-bond acceptors (Lipinski definition) is 12. The van der Waals surface area contributed by atoms with Gasteiger partial charge in [0, 0.05) is 30.2 Å². The van der Waals surface area contributed by atoms with E-state index in [4.69, 9.17) is 11.5 Å². The van der Waals surface area contributed by atoms with Gasteiger partial charge in [-0.25, -0.2) is 4.79 Å². The van der Waals surface area contributed by atoms with Gasteiger partial charge in [-0.2, -0.15) is 0 Å². The van der Waals surface area contributed by atoms with Gasteiger partial charge in [0.1, 0.15) is 41.7 Å². The highest BCUT2D eigenvalue weighted by molar-refractivity contribution is 6.00. The quantitative estimate of drug-likeness (QED) is 0.0501. The molecule has 13 N–H and O–H groups in total. The molecular formula is C49H60N8O11. The number of aliphatic hydroxyl groups is 1. The molecule has 6 amide bonds. The number of carbonyl (C=O) groups is 7. The molecule has 0 radical (unpaired) electrons. The van der Waals surface area contributed by atoms with E-state index in [9.17, 15) is 54.0 Å². The van der Waals surface area contributed by atoms with E-state index in [0.717, 1.165) is 35.3 Å². The van der Waals surface area contributed by atoms with Crippen LogP contribution in [0.4, 0.5) is 0 Å². The van der Waals surface area contributed by atoms with Crippen LogP contribution in [0.1, 0.15) is 79.0 Å². The molecule has 1 aliphatic heterocycles. The van der Waals surface area contributed by atoms with E-state index < -0.39 is 84.4 Å². The Balaban J connectivity index is 1.33. The lowest BCUT2D eigenvalue weighted by Crippen LogP contribution is -2.60. The lowest BCUT2D eigenvalue weighted by atomic mass is 9.93. The van der Waals surface area contributed by atoms with E-state index in [1.807, 2.05) is 12.1 Å². The van der Waals surface area contributed by atoms with Crippen molar-refractivity contribution in [2.75, 3.05) is 20.2 Å². The number of carboxylic acids is 1. The number of aryl methyl sites for hydroxylation is 1. The maximum atomic E-state index is 14.5. The van der Waals surface area contributed by atoms with Crippen molar-refractivity contribution in [2.45, 2.75) is 95.2 Å². The van der Waals surface area contributed by atoms with Crippen LogP contribution in [-0.4, -0.2) is 117 Å². The lowest BCUT2D eigenvalue weighted by Gasteiger charge is -2.33. The molecule has 4 aromatic carbocycles. The smallest absolute Gasteiger partial charge is 0.326 e. The Morgan fingerprint density at radius 1 is 0.779 bits per heavy atom. The summed E-state index contributed by atoms with van der Waals surface area (Å²) in [5.74, 6) is -7.29. The number of phenols is 2. The van der Waals surface area contributed by atoms with Gasteiger partial charge >= 0.3 is 5.97 Å². The molecule has 0 saturated carbocycles. The molecule has 0 fully saturated rings. The third-order valence-electron chi connectivity index (χ3n) is 11.7. The van der Waals surface area contributed by atoms with Gasteiger partial charge in [-0.05, 0) is 110 Å². The average molecular weight is 937 g/mol. The molecule has 1 aliphatic rings. The molecule has 0 aromatic heterocycles. The maximum Gasteiger partial charge on any atom is 0.326 e. The number of rotatable bonds is 18. The van der Waals surface area contributed by atoms with Crippen molar-refractivity contribution in [2.24, 2.45) is 11.5 Å². The zero-order chi connectivity index (χ0) is 49.7. The van der Waals surface area contributed by atoms with Crippen molar-refractivity contribution in [1.82, 2.24) is 31.5 Å². The number of benzene rings is 4. The van der Waals surface area contributed by atoms with Gasteiger partial charge in [0.15, 0.2) is 6.17 Å². The Morgan fingerprint density at radius 2 is 1.41 bits per heavy atom. The number of aliphatic carboxylic acids is 1. The Kier molecular flexibility index (Phi) is 18.1. The fourth-order valence-corrected chi connectivity index (χ4v) is 7.71. The van der Waals surface area contributed by atoms with E-state index in [1.54, 1.807) is 24.3 Å². The number of likely N-dealkylation sites (N-methyl/N-ethyl adjacent to an activating group) is 1. The number of hydrogen-bond donors (Lipinski definition) is 11. The summed E-state index contributed by atoms with van der Waals surface area (Å²) in [7, 11) is 1.27. The number of carbonyl (C=O) groups excluding carboxylic acids is 6.